The molecule has 0 fully saturated rings. The van der Waals surface area contributed by atoms with Crippen molar-refractivity contribution in [2.45, 2.75) is 20.3 Å². The topological polar surface area (TPSA) is 60.9 Å². The first-order valence-corrected chi connectivity index (χ1v) is 8.44. The summed E-state index contributed by atoms with van der Waals surface area (Å²) in [4.78, 5) is 15.5. The number of rotatable bonds is 9. The van der Waals surface area contributed by atoms with Crippen molar-refractivity contribution >= 4 is 15.9 Å². The Balaban J connectivity index is 4.46. The minimum atomic E-state index is -3.26. The summed E-state index contributed by atoms with van der Waals surface area (Å²) in [5, 5.41) is 0. The maximum Gasteiger partial charge on any atom is 0.223 e. The molecule has 0 heterocycles. The van der Waals surface area contributed by atoms with E-state index in [0.29, 0.717) is 26.2 Å². The summed E-state index contributed by atoms with van der Waals surface area (Å²) in [6.45, 7) is 6.47. The summed E-state index contributed by atoms with van der Waals surface area (Å²) >= 11 is 0. The highest BCUT2D eigenvalue weighted by atomic mass is 32.2. The zero-order valence-corrected chi connectivity index (χ0v) is 13.5. The largest absolute Gasteiger partial charge is 0.343 e. The van der Waals surface area contributed by atoms with E-state index in [1.807, 2.05) is 32.8 Å². The fourth-order valence-electron chi connectivity index (χ4n) is 1.71. The molecule has 0 unspecified atom stereocenters. The van der Waals surface area contributed by atoms with Crippen LogP contribution in [0.5, 0.6) is 0 Å². The third-order valence-electron chi connectivity index (χ3n) is 2.96. The highest BCUT2D eigenvalue weighted by Crippen LogP contribution is 2.02. The van der Waals surface area contributed by atoms with Gasteiger partial charge in [-0.05, 0) is 27.9 Å². The number of likely N-dealkylation sites (N-methyl/N-ethyl adjacent to an activating group) is 1. The molecule has 0 spiro atoms. The lowest BCUT2D eigenvalue weighted by atomic mass is 10.3. The molecule has 0 aromatic heterocycles. The fraction of sp³-hybridized carbons (Fsp3) is 0.917. The quantitative estimate of drug-likeness (QED) is 0.603. The summed E-state index contributed by atoms with van der Waals surface area (Å²) in [6.07, 6.45) is 1.42. The molecule has 0 rings (SSSR count). The Bertz CT molecular complexity index is 364. The maximum atomic E-state index is 11.9. The van der Waals surface area contributed by atoms with Crippen molar-refractivity contribution in [3.05, 3.63) is 0 Å². The van der Waals surface area contributed by atoms with Gasteiger partial charge >= 0.3 is 0 Å². The molecule has 0 aliphatic rings. The fourth-order valence-corrected chi connectivity index (χ4v) is 2.55. The molecule has 114 valence electrons. The summed E-state index contributed by atoms with van der Waals surface area (Å²) in [7, 11) is 0.521. The van der Waals surface area contributed by atoms with Crippen molar-refractivity contribution in [1.29, 1.82) is 0 Å². The summed E-state index contributed by atoms with van der Waals surface area (Å²) < 4.78 is 24.7. The normalized spacial score (nSPS) is 12.2. The van der Waals surface area contributed by atoms with E-state index < -0.39 is 10.0 Å². The predicted molar refractivity (Wildman–Crippen MR) is 77.5 cm³/mol. The lowest BCUT2D eigenvalue weighted by molar-refractivity contribution is -0.130. The molecule has 7 heteroatoms. The third-order valence-corrected chi connectivity index (χ3v) is 4.26. The number of nitrogens with zero attached hydrogens (tertiary/aromatic N) is 3. The lowest BCUT2D eigenvalue weighted by Crippen LogP contribution is -2.39. The van der Waals surface area contributed by atoms with Gasteiger partial charge in [-0.1, -0.05) is 0 Å². The monoisotopic (exact) mass is 293 g/mol. The van der Waals surface area contributed by atoms with Gasteiger partial charge in [-0.15, -0.1) is 0 Å². The lowest BCUT2D eigenvalue weighted by Gasteiger charge is -2.24. The molecule has 0 radical (unpaired) electrons. The summed E-state index contributed by atoms with van der Waals surface area (Å²) in [6, 6.07) is 0. The van der Waals surface area contributed by atoms with E-state index >= 15 is 0 Å². The van der Waals surface area contributed by atoms with Crippen LogP contribution < -0.4 is 0 Å². The van der Waals surface area contributed by atoms with Crippen LogP contribution in [0.2, 0.25) is 0 Å². The van der Waals surface area contributed by atoms with Gasteiger partial charge in [0.05, 0.1) is 6.26 Å². The maximum absolute atomic E-state index is 11.9. The van der Waals surface area contributed by atoms with Crippen LogP contribution in [-0.2, 0) is 14.8 Å². The number of carbonyl (C=O) groups is 1. The second-order valence-corrected chi connectivity index (χ2v) is 6.76. The number of amides is 1. The Morgan fingerprint density at radius 3 is 1.89 bits per heavy atom. The van der Waals surface area contributed by atoms with Crippen LogP contribution in [-0.4, -0.2) is 81.5 Å². The standard InChI is InChI=1S/C12H27N3O3S/c1-6-14(7-2)12(16)8-9-15(19(5,17)18)11-10-13(3)4/h6-11H2,1-5H3. The molecular weight excluding hydrogens is 266 g/mol. The number of sulfonamides is 1. The smallest absolute Gasteiger partial charge is 0.223 e. The number of carbonyl (C=O) groups excluding carboxylic acids is 1. The third kappa shape index (κ3) is 7.49. The van der Waals surface area contributed by atoms with E-state index in [1.54, 1.807) is 4.90 Å². The van der Waals surface area contributed by atoms with Crippen molar-refractivity contribution in [3.63, 3.8) is 0 Å². The molecule has 0 saturated carbocycles. The Kier molecular flexibility index (Phi) is 8.20. The summed E-state index contributed by atoms with van der Waals surface area (Å²) in [5.41, 5.74) is 0. The van der Waals surface area contributed by atoms with Gasteiger partial charge < -0.3 is 9.80 Å². The highest BCUT2D eigenvalue weighted by molar-refractivity contribution is 7.88. The average Bonchev–Trinajstić information content (AvgIpc) is 2.28. The van der Waals surface area contributed by atoms with Gasteiger partial charge in [0.2, 0.25) is 15.9 Å². The molecule has 6 nitrogen and oxygen atoms in total. The van der Waals surface area contributed by atoms with Gasteiger partial charge in [0.25, 0.3) is 0 Å². The van der Waals surface area contributed by atoms with Gasteiger partial charge in [-0.25, -0.2) is 12.7 Å². The zero-order valence-electron chi connectivity index (χ0n) is 12.7. The Morgan fingerprint density at radius 2 is 1.53 bits per heavy atom. The van der Waals surface area contributed by atoms with Crippen LogP contribution in [0.15, 0.2) is 0 Å². The number of hydrogen-bond acceptors (Lipinski definition) is 4. The molecule has 0 saturated heterocycles. The van der Waals surface area contributed by atoms with E-state index in [1.165, 1.54) is 10.6 Å². The van der Waals surface area contributed by atoms with Crippen LogP contribution in [0.3, 0.4) is 0 Å². The molecule has 19 heavy (non-hydrogen) atoms. The molecule has 0 aliphatic heterocycles. The van der Waals surface area contributed by atoms with Gasteiger partial charge in [0.1, 0.15) is 0 Å². The summed E-state index contributed by atoms with van der Waals surface area (Å²) in [5.74, 6) is 0.00324. The van der Waals surface area contributed by atoms with Gasteiger partial charge in [0, 0.05) is 39.1 Å². The predicted octanol–water partition coefficient (Wildman–Crippen LogP) is 0.0681. The van der Waals surface area contributed by atoms with E-state index in [-0.39, 0.29) is 18.9 Å². The van der Waals surface area contributed by atoms with E-state index in [9.17, 15) is 13.2 Å². The average molecular weight is 293 g/mol. The van der Waals surface area contributed by atoms with E-state index in [2.05, 4.69) is 0 Å². The Hall–Kier alpha value is -0.660. The highest BCUT2D eigenvalue weighted by Gasteiger charge is 2.19. The first-order chi connectivity index (χ1) is 8.72. The molecular formula is C12H27N3O3S. The van der Waals surface area contributed by atoms with E-state index in [4.69, 9.17) is 0 Å². The molecule has 0 N–H and O–H groups in total. The SMILES string of the molecule is CCN(CC)C(=O)CCN(CCN(C)C)S(C)(=O)=O. The van der Waals surface area contributed by atoms with Crippen molar-refractivity contribution in [2.24, 2.45) is 0 Å². The van der Waals surface area contributed by atoms with Crippen LogP contribution >= 0.6 is 0 Å². The van der Waals surface area contributed by atoms with Crippen molar-refractivity contribution in [3.8, 4) is 0 Å². The molecule has 1 amide bonds. The first-order valence-electron chi connectivity index (χ1n) is 6.60. The van der Waals surface area contributed by atoms with Crippen LogP contribution in [0.4, 0.5) is 0 Å². The second-order valence-electron chi connectivity index (χ2n) is 4.78. The van der Waals surface area contributed by atoms with Gasteiger partial charge in [-0.2, -0.15) is 0 Å². The number of hydrogen-bond donors (Lipinski definition) is 0. The Labute approximate surface area is 117 Å². The van der Waals surface area contributed by atoms with Gasteiger partial charge in [0.15, 0.2) is 0 Å². The molecule has 0 aromatic rings. The first kappa shape index (κ1) is 18.3. The van der Waals surface area contributed by atoms with Crippen molar-refractivity contribution in [1.82, 2.24) is 14.1 Å². The minimum absolute atomic E-state index is 0.00324. The molecule has 0 atom stereocenters. The second kappa shape index (κ2) is 8.50. The molecule has 0 aliphatic carbocycles. The van der Waals surface area contributed by atoms with Crippen molar-refractivity contribution in [2.75, 3.05) is 53.1 Å². The minimum Gasteiger partial charge on any atom is -0.343 e. The van der Waals surface area contributed by atoms with Crippen LogP contribution in [0, 0.1) is 0 Å². The van der Waals surface area contributed by atoms with E-state index in [0.717, 1.165) is 0 Å². The van der Waals surface area contributed by atoms with Gasteiger partial charge in [-0.3, -0.25) is 4.79 Å². The van der Waals surface area contributed by atoms with Crippen molar-refractivity contribution < 1.29 is 13.2 Å². The zero-order chi connectivity index (χ0) is 15.1. The molecule has 0 aromatic carbocycles. The Morgan fingerprint density at radius 1 is 1.00 bits per heavy atom. The van der Waals surface area contributed by atoms with Crippen LogP contribution in [0.1, 0.15) is 20.3 Å². The van der Waals surface area contributed by atoms with Crippen LogP contribution in [0.25, 0.3) is 0 Å². The molecule has 0 bridgehead atoms.